The van der Waals surface area contributed by atoms with E-state index in [1.165, 1.54) is 23.1 Å². The summed E-state index contributed by atoms with van der Waals surface area (Å²) in [5.41, 5.74) is 0.928. The Balaban J connectivity index is 1.58. The van der Waals surface area contributed by atoms with Crippen LogP contribution in [0.15, 0.2) is 34.7 Å². The van der Waals surface area contributed by atoms with E-state index >= 15 is 0 Å². The molecule has 10 heteroatoms. The molecular formula is C18H24N4O3S3. The number of nitrogens with one attached hydrogen (secondary N) is 1. The molecule has 2 heterocycles. The van der Waals surface area contributed by atoms with Crippen LogP contribution < -0.4 is 5.32 Å². The SMILES string of the molecule is CC(C)CN(C(=O)CSc1nnc(Nc2ccccc2)s1)C1CCS(=O)(=O)C1. The summed E-state index contributed by atoms with van der Waals surface area (Å²) in [5.74, 6) is 0.690. The first-order valence-corrected chi connectivity index (χ1v) is 12.7. The first-order chi connectivity index (χ1) is 13.3. The lowest BCUT2D eigenvalue weighted by Crippen LogP contribution is -2.44. The van der Waals surface area contributed by atoms with Crippen LogP contribution in [0.4, 0.5) is 10.8 Å². The van der Waals surface area contributed by atoms with Crippen molar-refractivity contribution < 1.29 is 13.2 Å². The van der Waals surface area contributed by atoms with Crippen LogP contribution in [0.5, 0.6) is 0 Å². The van der Waals surface area contributed by atoms with Crippen molar-refractivity contribution in [1.29, 1.82) is 0 Å². The number of rotatable bonds is 8. The van der Waals surface area contributed by atoms with Gasteiger partial charge in [-0.3, -0.25) is 4.79 Å². The molecule has 1 amide bonds. The van der Waals surface area contributed by atoms with Gasteiger partial charge in [0.2, 0.25) is 11.0 Å². The van der Waals surface area contributed by atoms with Gasteiger partial charge in [-0.2, -0.15) is 0 Å². The molecule has 1 aliphatic heterocycles. The lowest BCUT2D eigenvalue weighted by molar-refractivity contribution is -0.130. The molecule has 1 N–H and O–H groups in total. The lowest BCUT2D eigenvalue weighted by Gasteiger charge is -2.29. The molecule has 1 aromatic heterocycles. The van der Waals surface area contributed by atoms with E-state index in [2.05, 4.69) is 15.5 Å². The molecule has 0 aliphatic carbocycles. The molecule has 28 heavy (non-hydrogen) atoms. The second-order valence-electron chi connectivity index (χ2n) is 7.15. The summed E-state index contributed by atoms with van der Waals surface area (Å²) in [7, 11) is -3.03. The topological polar surface area (TPSA) is 92.3 Å². The number of hydrogen-bond donors (Lipinski definition) is 1. The number of nitrogens with zero attached hydrogens (tertiary/aromatic N) is 3. The largest absolute Gasteiger partial charge is 0.338 e. The van der Waals surface area contributed by atoms with Crippen LogP contribution in [0.1, 0.15) is 20.3 Å². The molecule has 0 spiro atoms. The van der Waals surface area contributed by atoms with Crippen LogP contribution >= 0.6 is 23.1 Å². The molecule has 1 aromatic carbocycles. The van der Waals surface area contributed by atoms with Gasteiger partial charge < -0.3 is 10.2 Å². The number of carbonyl (C=O) groups excluding carboxylic acids is 1. The van der Waals surface area contributed by atoms with Crippen LogP contribution in [0.2, 0.25) is 0 Å². The van der Waals surface area contributed by atoms with Crippen molar-refractivity contribution in [1.82, 2.24) is 15.1 Å². The van der Waals surface area contributed by atoms with Gasteiger partial charge in [0.15, 0.2) is 14.2 Å². The summed E-state index contributed by atoms with van der Waals surface area (Å²) in [6.07, 6.45) is 0.523. The van der Waals surface area contributed by atoms with E-state index in [1.807, 2.05) is 44.2 Å². The van der Waals surface area contributed by atoms with Gasteiger partial charge in [0, 0.05) is 18.3 Å². The van der Waals surface area contributed by atoms with Crippen molar-refractivity contribution in [2.45, 2.75) is 30.6 Å². The predicted molar refractivity (Wildman–Crippen MR) is 114 cm³/mol. The van der Waals surface area contributed by atoms with Crippen LogP contribution in [0.3, 0.4) is 0 Å². The highest BCUT2D eigenvalue weighted by Gasteiger charge is 2.34. The fraction of sp³-hybridized carbons (Fsp3) is 0.500. The normalized spacial score (nSPS) is 18.3. The third kappa shape index (κ3) is 5.92. The molecule has 1 saturated heterocycles. The predicted octanol–water partition coefficient (Wildman–Crippen LogP) is 3.05. The fourth-order valence-electron chi connectivity index (χ4n) is 3.04. The monoisotopic (exact) mass is 440 g/mol. The Labute approximate surface area is 173 Å². The smallest absolute Gasteiger partial charge is 0.233 e. The molecular weight excluding hydrogens is 416 g/mol. The second-order valence-corrected chi connectivity index (χ2v) is 11.6. The maximum absolute atomic E-state index is 12.8. The highest BCUT2D eigenvalue weighted by molar-refractivity contribution is 8.01. The van der Waals surface area contributed by atoms with E-state index in [-0.39, 0.29) is 35.1 Å². The standard InChI is InChI=1S/C18H24N4O3S3/c1-13(2)10-22(15-8-9-28(24,25)12-15)16(23)11-26-18-21-20-17(27-18)19-14-6-4-3-5-7-14/h3-7,13,15H,8-12H2,1-2H3,(H,19,20). The number of para-hydroxylation sites is 1. The van der Waals surface area contributed by atoms with Crippen molar-refractivity contribution in [3.63, 3.8) is 0 Å². The maximum Gasteiger partial charge on any atom is 0.233 e. The molecule has 0 radical (unpaired) electrons. The van der Waals surface area contributed by atoms with Gasteiger partial charge in [0.05, 0.1) is 17.3 Å². The third-order valence-corrected chi connectivity index (χ3v) is 7.99. The van der Waals surface area contributed by atoms with Gasteiger partial charge >= 0.3 is 0 Å². The minimum Gasteiger partial charge on any atom is -0.338 e. The molecule has 1 unspecified atom stereocenters. The Bertz CT molecular complexity index is 900. The maximum atomic E-state index is 12.8. The summed E-state index contributed by atoms with van der Waals surface area (Å²) in [4.78, 5) is 14.5. The molecule has 1 aliphatic rings. The van der Waals surface area contributed by atoms with Crippen LogP contribution in [0.25, 0.3) is 0 Å². The van der Waals surface area contributed by atoms with Gasteiger partial charge in [0.1, 0.15) is 0 Å². The lowest BCUT2D eigenvalue weighted by atomic mass is 10.1. The number of carbonyl (C=O) groups is 1. The number of thioether (sulfide) groups is 1. The van der Waals surface area contributed by atoms with E-state index < -0.39 is 9.84 Å². The minimum atomic E-state index is -3.03. The number of amides is 1. The zero-order chi connectivity index (χ0) is 20.1. The number of hydrogen-bond acceptors (Lipinski definition) is 8. The summed E-state index contributed by atoms with van der Waals surface area (Å²) in [5, 5.41) is 12.1. The van der Waals surface area contributed by atoms with Crippen LogP contribution in [0, 0.1) is 5.92 Å². The van der Waals surface area contributed by atoms with E-state index in [0.29, 0.717) is 22.4 Å². The summed E-state index contributed by atoms with van der Waals surface area (Å²) >= 11 is 2.73. The highest BCUT2D eigenvalue weighted by atomic mass is 32.2. The van der Waals surface area contributed by atoms with E-state index in [4.69, 9.17) is 0 Å². The molecule has 3 rings (SSSR count). The third-order valence-electron chi connectivity index (χ3n) is 4.28. The average molecular weight is 441 g/mol. The van der Waals surface area contributed by atoms with Gasteiger partial charge in [-0.15, -0.1) is 10.2 Å². The van der Waals surface area contributed by atoms with Gasteiger partial charge in [0.25, 0.3) is 0 Å². The van der Waals surface area contributed by atoms with Gasteiger partial charge in [-0.05, 0) is 24.5 Å². The summed E-state index contributed by atoms with van der Waals surface area (Å²) < 4.78 is 24.3. The van der Waals surface area contributed by atoms with Crippen LogP contribution in [-0.4, -0.2) is 59.3 Å². The first-order valence-electron chi connectivity index (χ1n) is 9.10. The Morgan fingerprint density at radius 3 is 2.71 bits per heavy atom. The van der Waals surface area contributed by atoms with Gasteiger partial charge in [-0.25, -0.2) is 8.42 Å². The zero-order valence-electron chi connectivity index (χ0n) is 15.9. The quantitative estimate of drug-likeness (QED) is 0.631. The van der Waals surface area contributed by atoms with Crippen molar-refractivity contribution in [2.24, 2.45) is 5.92 Å². The number of sulfone groups is 1. The first kappa shape index (κ1) is 21.1. The second kappa shape index (κ2) is 9.23. The average Bonchev–Trinajstić information content (AvgIpc) is 3.24. The Morgan fingerprint density at radius 2 is 2.07 bits per heavy atom. The summed E-state index contributed by atoms with van der Waals surface area (Å²) in [6, 6.07) is 9.48. The molecule has 2 aromatic rings. The molecule has 1 fully saturated rings. The molecule has 0 bridgehead atoms. The van der Waals surface area contributed by atoms with E-state index in [0.717, 1.165) is 5.69 Å². The number of benzene rings is 1. The number of anilines is 2. The van der Waals surface area contributed by atoms with Crippen molar-refractivity contribution >= 4 is 49.7 Å². The van der Waals surface area contributed by atoms with Crippen molar-refractivity contribution in [3.8, 4) is 0 Å². The molecule has 1 atom stereocenters. The Kier molecular flexibility index (Phi) is 6.95. The Morgan fingerprint density at radius 1 is 1.32 bits per heavy atom. The van der Waals surface area contributed by atoms with Crippen molar-refractivity contribution in [3.05, 3.63) is 30.3 Å². The minimum absolute atomic E-state index is 0.0476. The molecule has 7 nitrogen and oxygen atoms in total. The Hall–Kier alpha value is -1.65. The van der Waals surface area contributed by atoms with Crippen molar-refractivity contribution in [2.75, 3.05) is 29.1 Å². The highest BCUT2D eigenvalue weighted by Crippen LogP contribution is 2.28. The van der Waals surface area contributed by atoms with E-state index in [1.54, 1.807) is 4.90 Å². The zero-order valence-corrected chi connectivity index (χ0v) is 18.3. The van der Waals surface area contributed by atoms with E-state index in [9.17, 15) is 13.2 Å². The summed E-state index contributed by atoms with van der Waals surface area (Å²) in [6.45, 7) is 4.63. The van der Waals surface area contributed by atoms with Gasteiger partial charge in [-0.1, -0.05) is 55.1 Å². The number of aromatic nitrogens is 2. The van der Waals surface area contributed by atoms with Crippen LogP contribution in [-0.2, 0) is 14.6 Å². The molecule has 0 saturated carbocycles. The fourth-order valence-corrected chi connectivity index (χ4v) is 6.43. The molecule has 152 valence electrons.